The van der Waals surface area contributed by atoms with Gasteiger partial charge in [0, 0.05) is 36.5 Å². The highest BCUT2D eigenvalue weighted by molar-refractivity contribution is 6.28. The fraction of sp³-hybridized carbons (Fsp3) is 0.353. The Morgan fingerprint density at radius 1 is 1.38 bits per heavy atom. The van der Waals surface area contributed by atoms with Crippen LogP contribution in [-0.4, -0.2) is 40.5 Å². The number of hydrogen-bond acceptors (Lipinski definition) is 6. The largest absolute Gasteiger partial charge is 0.391 e. The first kappa shape index (κ1) is 18.5. The number of aliphatic hydroxyl groups is 1. The van der Waals surface area contributed by atoms with Gasteiger partial charge < -0.3 is 20.7 Å². The van der Waals surface area contributed by atoms with Crippen LogP contribution in [0.3, 0.4) is 0 Å². The first-order valence-electron chi connectivity index (χ1n) is 8.05. The van der Waals surface area contributed by atoms with Crippen molar-refractivity contribution >= 4 is 35.1 Å². The fourth-order valence-corrected chi connectivity index (χ4v) is 3.08. The molecule has 9 heteroatoms. The minimum Gasteiger partial charge on any atom is -0.391 e. The second-order valence-corrected chi connectivity index (χ2v) is 6.56. The van der Waals surface area contributed by atoms with Crippen molar-refractivity contribution in [2.75, 3.05) is 23.3 Å². The van der Waals surface area contributed by atoms with Gasteiger partial charge in [0.05, 0.1) is 11.7 Å². The van der Waals surface area contributed by atoms with Crippen LogP contribution in [0.5, 0.6) is 0 Å². The van der Waals surface area contributed by atoms with Crippen LogP contribution in [-0.2, 0) is 0 Å². The molecule has 1 saturated heterocycles. The van der Waals surface area contributed by atoms with Gasteiger partial charge in [-0.15, -0.1) is 0 Å². The molecule has 26 heavy (non-hydrogen) atoms. The third-order valence-corrected chi connectivity index (χ3v) is 4.49. The number of anilines is 3. The predicted molar refractivity (Wildman–Crippen MR) is 97.0 cm³/mol. The van der Waals surface area contributed by atoms with Crippen LogP contribution >= 0.6 is 11.6 Å². The molecule has 1 aromatic heterocycles. The maximum atomic E-state index is 12.9. The fourth-order valence-electron chi connectivity index (χ4n) is 2.91. The summed E-state index contributed by atoms with van der Waals surface area (Å²) in [6.45, 7) is 2.86. The lowest BCUT2D eigenvalue weighted by Gasteiger charge is -2.21. The van der Waals surface area contributed by atoms with Crippen LogP contribution in [0.25, 0.3) is 0 Å². The van der Waals surface area contributed by atoms with Crippen LogP contribution in [0.4, 0.5) is 26.1 Å². The summed E-state index contributed by atoms with van der Waals surface area (Å²) in [5.41, 5.74) is 0.655. The predicted octanol–water partition coefficient (Wildman–Crippen LogP) is 3.63. The Kier molecular flexibility index (Phi) is 5.33. The van der Waals surface area contributed by atoms with Crippen molar-refractivity contribution in [1.82, 2.24) is 9.97 Å². The minimum absolute atomic E-state index is 0.0350. The summed E-state index contributed by atoms with van der Waals surface area (Å²) in [6.07, 6.45) is -2.00. The van der Waals surface area contributed by atoms with Crippen molar-refractivity contribution in [1.29, 1.82) is 5.41 Å². The normalized spacial score (nSPS) is 19.8. The zero-order valence-electron chi connectivity index (χ0n) is 14.0. The number of β-amino-alcohol motifs (C(OH)–C–C–N with tert-alkyl or cyclic N) is 1. The molecule has 0 saturated carbocycles. The van der Waals surface area contributed by atoms with E-state index in [1.807, 2.05) is 11.8 Å². The Balaban J connectivity index is 1.97. The third-order valence-electron chi connectivity index (χ3n) is 4.32. The maximum absolute atomic E-state index is 12.9. The van der Waals surface area contributed by atoms with E-state index in [-0.39, 0.29) is 22.6 Å². The number of hydrogen-bond donors (Lipinski definition) is 3. The van der Waals surface area contributed by atoms with Gasteiger partial charge in [-0.05, 0) is 23.7 Å². The second kappa shape index (κ2) is 7.51. The van der Waals surface area contributed by atoms with Gasteiger partial charge in [0.15, 0.2) is 0 Å². The van der Waals surface area contributed by atoms with Gasteiger partial charge in [-0.3, -0.25) is 0 Å². The van der Waals surface area contributed by atoms with E-state index in [4.69, 9.17) is 17.0 Å². The number of aliphatic hydroxyl groups excluding tert-OH is 1. The molecule has 0 amide bonds. The van der Waals surface area contributed by atoms with Crippen LogP contribution in [0.1, 0.15) is 24.5 Å². The van der Waals surface area contributed by atoms with E-state index < -0.39 is 12.5 Å². The highest BCUT2D eigenvalue weighted by atomic mass is 35.5. The summed E-state index contributed by atoms with van der Waals surface area (Å²) >= 11 is 6.03. The highest BCUT2D eigenvalue weighted by Gasteiger charge is 2.31. The molecule has 1 fully saturated rings. The second-order valence-electron chi connectivity index (χ2n) is 6.22. The standard InChI is InChI=1S/C17H18ClF2N5O/c1-9-7-25(8-13(9)26)16-12(6-21)15(23-17(18)24-16)22-11-4-2-3-10(5-11)14(19)20/h2-6,9,13-14,21,26H,7-8H2,1H3,(H,22,23,24). The average Bonchev–Trinajstić information content (AvgIpc) is 2.93. The van der Waals surface area contributed by atoms with Gasteiger partial charge in [-0.1, -0.05) is 19.1 Å². The van der Waals surface area contributed by atoms with Crippen LogP contribution in [0, 0.1) is 11.3 Å². The highest BCUT2D eigenvalue weighted by Crippen LogP contribution is 2.31. The molecule has 1 aliphatic rings. The zero-order chi connectivity index (χ0) is 18.8. The molecule has 138 valence electrons. The lowest BCUT2D eigenvalue weighted by molar-refractivity contribution is 0.151. The van der Waals surface area contributed by atoms with E-state index in [0.29, 0.717) is 30.2 Å². The third kappa shape index (κ3) is 3.76. The number of rotatable bonds is 5. The first-order valence-corrected chi connectivity index (χ1v) is 8.43. The Morgan fingerprint density at radius 3 is 2.77 bits per heavy atom. The molecule has 6 nitrogen and oxygen atoms in total. The van der Waals surface area contributed by atoms with E-state index in [1.54, 1.807) is 6.07 Å². The number of benzene rings is 1. The molecule has 3 N–H and O–H groups in total. The Bertz CT molecular complexity index is 810. The quantitative estimate of drug-likeness (QED) is 0.544. The molecule has 0 spiro atoms. The summed E-state index contributed by atoms with van der Waals surface area (Å²) in [6, 6.07) is 5.78. The smallest absolute Gasteiger partial charge is 0.263 e. The van der Waals surface area contributed by atoms with E-state index >= 15 is 0 Å². The minimum atomic E-state index is -2.59. The molecular weight excluding hydrogens is 364 g/mol. The van der Waals surface area contributed by atoms with E-state index in [1.165, 1.54) is 18.2 Å². The Labute approximate surface area is 154 Å². The van der Waals surface area contributed by atoms with Crippen molar-refractivity contribution < 1.29 is 13.9 Å². The van der Waals surface area contributed by atoms with Crippen molar-refractivity contribution in [2.45, 2.75) is 19.5 Å². The van der Waals surface area contributed by atoms with E-state index in [2.05, 4.69) is 15.3 Å². The zero-order valence-corrected chi connectivity index (χ0v) is 14.7. The van der Waals surface area contributed by atoms with Crippen LogP contribution in [0.2, 0.25) is 5.28 Å². The lowest BCUT2D eigenvalue weighted by atomic mass is 10.1. The topological polar surface area (TPSA) is 85.1 Å². The molecule has 0 bridgehead atoms. The Hall–Kier alpha value is -2.32. The molecule has 2 atom stereocenters. The number of halogens is 3. The number of nitrogens with one attached hydrogen (secondary N) is 2. The molecule has 0 radical (unpaired) electrons. The molecule has 0 aliphatic carbocycles. The maximum Gasteiger partial charge on any atom is 0.263 e. The lowest BCUT2D eigenvalue weighted by Crippen LogP contribution is -2.24. The van der Waals surface area contributed by atoms with Crippen LogP contribution < -0.4 is 10.2 Å². The van der Waals surface area contributed by atoms with Crippen molar-refractivity contribution in [2.24, 2.45) is 5.92 Å². The van der Waals surface area contributed by atoms with Gasteiger partial charge in [0.25, 0.3) is 6.43 Å². The molecule has 2 heterocycles. The first-order chi connectivity index (χ1) is 12.4. The van der Waals surface area contributed by atoms with Crippen molar-refractivity contribution in [3.8, 4) is 0 Å². The summed E-state index contributed by atoms with van der Waals surface area (Å²) in [5, 5.41) is 20.6. The van der Waals surface area contributed by atoms with Gasteiger partial charge in [-0.2, -0.15) is 9.97 Å². The van der Waals surface area contributed by atoms with Gasteiger partial charge in [0.1, 0.15) is 11.6 Å². The summed E-state index contributed by atoms with van der Waals surface area (Å²) in [4.78, 5) is 10.1. The Morgan fingerprint density at radius 2 is 2.15 bits per heavy atom. The number of nitrogens with zero attached hydrogens (tertiary/aromatic N) is 3. The van der Waals surface area contributed by atoms with Crippen LogP contribution in [0.15, 0.2) is 24.3 Å². The molecule has 1 aromatic carbocycles. The molecule has 2 unspecified atom stereocenters. The average molecular weight is 382 g/mol. The molecule has 1 aliphatic heterocycles. The summed E-state index contributed by atoms with van der Waals surface area (Å²) in [7, 11) is 0. The molecule has 3 rings (SSSR count). The SMILES string of the molecule is CC1CN(c2nc(Cl)nc(Nc3cccc(C(F)F)c3)c2C=N)CC1O. The van der Waals surface area contributed by atoms with Gasteiger partial charge >= 0.3 is 0 Å². The van der Waals surface area contributed by atoms with E-state index in [0.717, 1.165) is 6.21 Å². The summed E-state index contributed by atoms with van der Waals surface area (Å²) < 4.78 is 25.8. The molecular formula is C17H18ClF2N5O. The molecule has 2 aromatic rings. The van der Waals surface area contributed by atoms with E-state index in [9.17, 15) is 13.9 Å². The van der Waals surface area contributed by atoms with Gasteiger partial charge in [-0.25, -0.2) is 8.78 Å². The van der Waals surface area contributed by atoms with Crippen molar-refractivity contribution in [3.05, 3.63) is 40.7 Å². The summed E-state index contributed by atoms with van der Waals surface area (Å²) in [5.74, 6) is 0.729. The van der Waals surface area contributed by atoms with Crippen molar-refractivity contribution in [3.63, 3.8) is 0 Å². The number of alkyl halides is 2. The van der Waals surface area contributed by atoms with Gasteiger partial charge in [0.2, 0.25) is 5.28 Å². The number of aromatic nitrogens is 2. The monoisotopic (exact) mass is 381 g/mol.